The number of esters is 1. The van der Waals surface area contributed by atoms with E-state index in [4.69, 9.17) is 5.73 Å². The van der Waals surface area contributed by atoms with E-state index in [-0.39, 0.29) is 17.3 Å². The number of carbonyl (C=O) groups excluding carboxylic acids is 1. The average Bonchev–Trinajstić information content (AvgIpc) is 2.25. The van der Waals surface area contributed by atoms with Crippen molar-refractivity contribution >= 4 is 11.8 Å². The van der Waals surface area contributed by atoms with Gasteiger partial charge in [-0.2, -0.15) is 13.2 Å². The molecule has 17 heavy (non-hydrogen) atoms. The van der Waals surface area contributed by atoms with Crippen LogP contribution in [0.5, 0.6) is 5.75 Å². The van der Waals surface area contributed by atoms with E-state index in [1.165, 1.54) is 0 Å². The maximum atomic E-state index is 11.9. The number of alkyl halides is 3. The van der Waals surface area contributed by atoms with Crippen molar-refractivity contribution in [3.05, 3.63) is 17.8 Å². The minimum Gasteiger partial charge on any atom is -0.480 e. The number of methoxy groups -OCH3 is 1. The number of nitrogens with two attached hydrogens (primary N) is 1. The molecule has 0 spiro atoms. The van der Waals surface area contributed by atoms with Gasteiger partial charge in [0.1, 0.15) is 0 Å². The molecule has 0 saturated heterocycles. The van der Waals surface area contributed by atoms with Crippen LogP contribution in [0.2, 0.25) is 0 Å². The van der Waals surface area contributed by atoms with Crippen LogP contribution in [0.15, 0.2) is 12.1 Å². The summed E-state index contributed by atoms with van der Waals surface area (Å²) in [7, 11) is 1.15. The Morgan fingerprint density at radius 3 is 2.59 bits per heavy atom. The first kappa shape index (κ1) is 13.1. The summed E-state index contributed by atoms with van der Waals surface area (Å²) in [6.07, 6.45) is -4.46. The number of nitrogens with zero attached hydrogens (tertiary/aromatic N) is 1. The van der Waals surface area contributed by atoms with E-state index in [1.54, 1.807) is 0 Å². The fourth-order valence-corrected chi connectivity index (χ4v) is 0.962. The summed E-state index contributed by atoms with van der Waals surface area (Å²) >= 11 is 0. The average molecular weight is 250 g/mol. The van der Waals surface area contributed by atoms with Crippen LogP contribution >= 0.6 is 0 Å². The van der Waals surface area contributed by atoms with E-state index in [0.717, 1.165) is 19.2 Å². The Morgan fingerprint density at radius 1 is 1.47 bits per heavy atom. The largest absolute Gasteiger partial charge is 0.480 e. The summed E-state index contributed by atoms with van der Waals surface area (Å²) in [5, 5.41) is 0. The number of carbonyl (C=O) groups is 1. The van der Waals surface area contributed by atoms with Crippen LogP contribution in [0.25, 0.3) is 0 Å². The predicted octanol–water partition coefficient (Wildman–Crippen LogP) is 1.39. The summed E-state index contributed by atoms with van der Waals surface area (Å²) in [4.78, 5) is 14.6. The third-order valence-electron chi connectivity index (χ3n) is 1.67. The maximum Gasteiger partial charge on any atom is 0.422 e. The minimum atomic E-state index is -4.46. The number of rotatable bonds is 3. The molecule has 0 aromatic carbocycles. The molecule has 0 unspecified atom stereocenters. The van der Waals surface area contributed by atoms with E-state index >= 15 is 0 Å². The van der Waals surface area contributed by atoms with Crippen LogP contribution in [0.1, 0.15) is 10.5 Å². The van der Waals surface area contributed by atoms with Crippen LogP contribution in [-0.4, -0.2) is 30.8 Å². The number of hydrogen-bond acceptors (Lipinski definition) is 5. The minimum absolute atomic E-state index is 0.107. The lowest BCUT2D eigenvalue weighted by atomic mass is 10.3. The monoisotopic (exact) mass is 250 g/mol. The van der Waals surface area contributed by atoms with Crippen molar-refractivity contribution in [3.8, 4) is 5.75 Å². The van der Waals surface area contributed by atoms with Gasteiger partial charge in [0.15, 0.2) is 23.9 Å². The van der Waals surface area contributed by atoms with Crippen molar-refractivity contribution in [3.63, 3.8) is 0 Å². The number of halogens is 3. The van der Waals surface area contributed by atoms with Crippen LogP contribution in [0, 0.1) is 0 Å². The van der Waals surface area contributed by atoms with Crippen molar-refractivity contribution in [2.75, 3.05) is 19.5 Å². The molecule has 0 aliphatic heterocycles. The third-order valence-corrected chi connectivity index (χ3v) is 1.67. The fourth-order valence-electron chi connectivity index (χ4n) is 0.962. The number of ether oxygens (including phenoxy) is 2. The zero-order valence-electron chi connectivity index (χ0n) is 8.75. The van der Waals surface area contributed by atoms with Crippen molar-refractivity contribution < 1.29 is 27.4 Å². The van der Waals surface area contributed by atoms with E-state index in [1.807, 2.05) is 0 Å². The predicted molar refractivity (Wildman–Crippen MR) is 51.5 cm³/mol. The van der Waals surface area contributed by atoms with E-state index in [2.05, 4.69) is 14.5 Å². The summed E-state index contributed by atoms with van der Waals surface area (Å²) in [6, 6.07) is 2.29. The molecule has 0 bridgehead atoms. The normalized spacial score (nSPS) is 11.1. The molecule has 0 saturated carbocycles. The van der Waals surface area contributed by atoms with Crippen molar-refractivity contribution in [2.24, 2.45) is 0 Å². The zero-order valence-corrected chi connectivity index (χ0v) is 8.75. The molecule has 0 aliphatic carbocycles. The molecular weight excluding hydrogens is 241 g/mol. The molecule has 2 N–H and O–H groups in total. The molecule has 0 amide bonds. The highest BCUT2D eigenvalue weighted by Gasteiger charge is 2.29. The Morgan fingerprint density at radius 2 is 2.12 bits per heavy atom. The van der Waals surface area contributed by atoms with Gasteiger partial charge in [-0.3, -0.25) is 0 Å². The lowest BCUT2D eigenvalue weighted by molar-refractivity contribution is -0.153. The van der Waals surface area contributed by atoms with E-state index in [9.17, 15) is 18.0 Å². The maximum absolute atomic E-state index is 11.9. The second-order valence-corrected chi connectivity index (χ2v) is 2.98. The van der Waals surface area contributed by atoms with Gasteiger partial charge >= 0.3 is 12.1 Å². The van der Waals surface area contributed by atoms with Crippen LogP contribution in [-0.2, 0) is 4.74 Å². The topological polar surface area (TPSA) is 74.4 Å². The van der Waals surface area contributed by atoms with E-state index in [0.29, 0.717) is 0 Å². The van der Waals surface area contributed by atoms with Gasteiger partial charge < -0.3 is 15.2 Å². The molecule has 0 radical (unpaired) electrons. The van der Waals surface area contributed by atoms with Gasteiger partial charge in [0.25, 0.3) is 0 Å². The van der Waals surface area contributed by atoms with Crippen LogP contribution in [0.3, 0.4) is 0 Å². The molecule has 0 aliphatic rings. The van der Waals surface area contributed by atoms with Gasteiger partial charge in [-0.1, -0.05) is 0 Å². The van der Waals surface area contributed by atoms with E-state index < -0.39 is 18.8 Å². The summed E-state index contributed by atoms with van der Waals surface area (Å²) in [5.41, 5.74) is 5.22. The number of pyridine rings is 1. The molecule has 1 rings (SSSR count). The second-order valence-electron chi connectivity index (χ2n) is 2.98. The number of nitrogen functional groups attached to an aromatic ring is 1. The first-order valence-corrected chi connectivity index (χ1v) is 4.38. The lowest BCUT2D eigenvalue weighted by Crippen LogP contribution is -2.20. The Bertz CT molecular complexity index is 420. The Kier molecular flexibility index (Phi) is 3.77. The Balaban J connectivity index is 2.80. The molecule has 8 heteroatoms. The fraction of sp³-hybridized carbons (Fsp3) is 0.333. The van der Waals surface area contributed by atoms with Gasteiger partial charge in [-0.15, -0.1) is 0 Å². The molecule has 0 fully saturated rings. The van der Waals surface area contributed by atoms with Crippen molar-refractivity contribution in [1.82, 2.24) is 4.98 Å². The third kappa shape index (κ3) is 3.82. The quantitative estimate of drug-likeness (QED) is 0.820. The number of anilines is 1. The summed E-state index contributed by atoms with van der Waals surface area (Å²) in [6.45, 7) is -1.48. The molecule has 1 heterocycles. The highest BCUT2D eigenvalue weighted by Crippen LogP contribution is 2.23. The highest BCUT2D eigenvalue weighted by molar-refractivity contribution is 5.87. The first-order chi connectivity index (χ1) is 7.83. The van der Waals surface area contributed by atoms with Crippen LogP contribution < -0.4 is 10.5 Å². The molecule has 1 aromatic rings. The van der Waals surface area contributed by atoms with Gasteiger partial charge in [0.05, 0.1) is 7.11 Å². The molecule has 5 nitrogen and oxygen atoms in total. The van der Waals surface area contributed by atoms with Gasteiger partial charge in [-0.25, -0.2) is 9.78 Å². The number of aromatic nitrogens is 1. The molecule has 1 aromatic heterocycles. The Labute approximate surface area is 94.3 Å². The Hall–Kier alpha value is -1.99. The zero-order chi connectivity index (χ0) is 13.1. The second kappa shape index (κ2) is 4.89. The molecule has 0 atom stereocenters. The lowest BCUT2D eigenvalue weighted by Gasteiger charge is -2.10. The summed E-state index contributed by atoms with van der Waals surface area (Å²) < 4.78 is 44.4. The number of hydrogen-bond donors (Lipinski definition) is 1. The standard InChI is InChI=1S/C9H9F3N2O3/c1-16-8(15)5-2-3-6(7(13)14-5)17-4-9(10,11)12/h2-3H,4H2,1H3,(H2,13,14). The first-order valence-electron chi connectivity index (χ1n) is 4.38. The summed E-state index contributed by atoms with van der Waals surface area (Å²) in [5.74, 6) is -1.29. The van der Waals surface area contributed by atoms with Crippen LogP contribution in [0.4, 0.5) is 19.0 Å². The SMILES string of the molecule is COC(=O)c1ccc(OCC(F)(F)F)c(N)n1. The van der Waals surface area contributed by atoms with Gasteiger partial charge in [-0.05, 0) is 12.1 Å². The highest BCUT2D eigenvalue weighted by atomic mass is 19.4. The smallest absolute Gasteiger partial charge is 0.422 e. The molecular formula is C9H9F3N2O3. The van der Waals surface area contributed by atoms with Crippen molar-refractivity contribution in [2.45, 2.75) is 6.18 Å². The van der Waals surface area contributed by atoms with Gasteiger partial charge in [0, 0.05) is 0 Å². The van der Waals surface area contributed by atoms with Crippen molar-refractivity contribution in [1.29, 1.82) is 0 Å². The van der Waals surface area contributed by atoms with Gasteiger partial charge in [0.2, 0.25) is 0 Å². The molecule has 94 valence electrons.